The van der Waals surface area contributed by atoms with Gasteiger partial charge in [0.05, 0.1) is 0 Å². The van der Waals surface area contributed by atoms with Crippen molar-refractivity contribution in [3.63, 3.8) is 0 Å². The van der Waals surface area contributed by atoms with Crippen molar-refractivity contribution >= 4 is 24.0 Å². The molecule has 0 amide bonds. The van der Waals surface area contributed by atoms with Gasteiger partial charge in [0, 0.05) is 0 Å². The van der Waals surface area contributed by atoms with E-state index < -0.39 is 7.38 Å². The van der Waals surface area contributed by atoms with Crippen molar-refractivity contribution in [1.82, 2.24) is 0 Å². The van der Waals surface area contributed by atoms with Crippen LogP contribution in [0, 0.1) is 13.8 Å². The second kappa shape index (κ2) is 4.71. The predicted octanol–water partition coefficient (Wildman–Crippen LogP) is 5.39. The average Bonchev–Trinajstić information content (AvgIpc) is 2.58. The summed E-state index contributed by atoms with van der Waals surface area (Å²) in [5.74, 6) is 0. The smallest absolute Gasteiger partial charge is 0.162 e. The van der Waals surface area contributed by atoms with Crippen molar-refractivity contribution in [2.45, 2.75) is 40.3 Å². The Bertz CT molecular complexity index is 524. The second-order valence-corrected chi connectivity index (χ2v) is 12.2. The van der Waals surface area contributed by atoms with Crippen molar-refractivity contribution in [2.75, 3.05) is 0 Å². The Labute approximate surface area is 116 Å². The van der Waals surface area contributed by atoms with Gasteiger partial charge in [-0.2, -0.15) is 11.1 Å². The van der Waals surface area contributed by atoms with E-state index in [0.717, 1.165) is 6.42 Å². The van der Waals surface area contributed by atoms with Crippen LogP contribution in [0.25, 0.3) is 5.57 Å². The fourth-order valence-corrected chi connectivity index (χ4v) is 5.02. The zero-order chi connectivity index (χ0) is 13.5. The van der Waals surface area contributed by atoms with Crippen LogP contribution in [0.2, 0.25) is 13.1 Å². The topological polar surface area (TPSA) is 0 Å². The van der Waals surface area contributed by atoms with Crippen LogP contribution < -0.4 is 0 Å². The number of allylic oxidation sites excluding steroid dienone is 4. The lowest BCUT2D eigenvalue weighted by atomic mass is 10.0. The molecule has 96 valence electrons. The van der Waals surface area contributed by atoms with E-state index in [2.05, 4.69) is 58.1 Å². The molecule has 18 heavy (non-hydrogen) atoms. The van der Waals surface area contributed by atoms with Crippen LogP contribution in [0.5, 0.6) is 0 Å². The van der Waals surface area contributed by atoms with Crippen LogP contribution in [0.1, 0.15) is 30.0 Å². The lowest BCUT2D eigenvalue weighted by Crippen LogP contribution is -2.20. The van der Waals surface area contributed by atoms with Gasteiger partial charge in [0.1, 0.15) is 0 Å². The fourth-order valence-electron chi connectivity index (χ4n) is 2.75. The van der Waals surface area contributed by atoms with Gasteiger partial charge in [0.25, 0.3) is 0 Å². The summed E-state index contributed by atoms with van der Waals surface area (Å²) in [6, 6.07) is 6.77. The Kier molecular flexibility index (Phi) is 3.57. The van der Waals surface area contributed by atoms with Crippen molar-refractivity contribution in [1.29, 1.82) is 0 Å². The lowest BCUT2D eigenvalue weighted by molar-refractivity contribution is 1.31. The first-order valence-corrected chi connectivity index (χ1v) is 10.5. The monoisotopic (exact) mass is 276 g/mol. The van der Waals surface area contributed by atoms with Gasteiger partial charge in [0.15, 0.2) is 7.38 Å². The molecule has 0 spiro atoms. The summed E-state index contributed by atoms with van der Waals surface area (Å²) in [5, 5.41) is 1.48. The number of hydrogen-bond donors (Lipinski definition) is 0. The molecule has 1 aliphatic rings. The van der Waals surface area contributed by atoms with Gasteiger partial charge in [-0.3, -0.25) is 0 Å². The molecule has 1 aliphatic carbocycles. The molecule has 0 bridgehead atoms. The van der Waals surface area contributed by atoms with Crippen LogP contribution in [0.4, 0.5) is 0 Å². The number of aryl methyl sites for hydroxylation is 2. The Balaban J connectivity index is 2.33. The SMILES string of the molecule is CC1=C([Si](C)(C)Cl)CC(c2cc(C)cc(C)c2)=C1. The minimum atomic E-state index is -1.69. The zero-order valence-corrected chi connectivity index (χ0v) is 13.7. The summed E-state index contributed by atoms with van der Waals surface area (Å²) in [5.41, 5.74) is 6.84. The third-order valence-electron chi connectivity index (χ3n) is 3.54. The summed E-state index contributed by atoms with van der Waals surface area (Å²) in [7, 11) is -1.69. The summed E-state index contributed by atoms with van der Waals surface area (Å²) in [6.45, 7) is 10.9. The average molecular weight is 277 g/mol. The second-order valence-electron chi connectivity index (χ2n) is 5.86. The van der Waals surface area contributed by atoms with E-state index in [4.69, 9.17) is 11.1 Å². The van der Waals surface area contributed by atoms with Crippen LogP contribution in [0.15, 0.2) is 35.0 Å². The van der Waals surface area contributed by atoms with Gasteiger partial charge < -0.3 is 0 Å². The molecule has 0 aliphatic heterocycles. The maximum absolute atomic E-state index is 6.60. The molecular formula is C16H21ClSi. The minimum Gasteiger partial charge on any atom is -0.162 e. The Morgan fingerprint density at radius 1 is 1.00 bits per heavy atom. The third-order valence-corrected chi connectivity index (χ3v) is 6.23. The van der Waals surface area contributed by atoms with E-state index in [1.54, 1.807) is 0 Å². The van der Waals surface area contributed by atoms with Crippen molar-refractivity contribution in [3.05, 3.63) is 51.7 Å². The molecule has 1 aromatic carbocycles. The molecular weight excluding hydrogens is 256 g/mol. The standard InChI is InChI=1S/C16H21ClSi/c1-11-6-12(2)8-14(7-11)15-9-13(3)16(10-15)18(4,5)17/h6-9H,10H2,1-5H3. The maximum atomic E-state index is 6.60. The van der Waals surface area contributed by atoms with Crippen LogP contribution in [-0.2, 0) is 0 Å². The molecule has 2 heteroatoms. The van der Waals surface area contributed by atoms with Crippen molar-refractivity contribution in [2.24, 2.45) is 0 Å². The molecule has 0 N–H and O–H groups in total. The molecule has 0 atom stereocenters. The first-order valence-electron chi connectivity index (χ1n) is 6.46. The van der Waals surface area contributed by atoms with Gasteiger partial charge in [-0.05, 0) is 38.3 Å². The molecule has 0 radical (unpaired) electrons. The molecule has 2 rings (SSSR count). The fraction of sp³-hybridized carbons (Fsp3) is 0.375. The Hall–Kier alpha value is -0.793. The van der Waals surface area contributed by atoms with Gasteiger partial charge in [-0.15, -0.1) is 0 Å². The molecule has 1 aromatic rings. The molecule has 0 fully saturated rings. The molecule has 0 saturated heterocycles. The van der Waals surface area contributed by atoms with E-state index in [1.807, 2.05) is 0 Å². The predicted molar refractivity (Wildman–Crippen MR) is 84.5 cm³/mol. The number of hydrogen-bond acceptors (Lipinski definition) is 0. The largest absolute Gasteiger partial charge is 0.177 e. The molecule has 0 heterocycles. The van der Waals surface area contributed by atoms with Crippen LogP contribution in [-0.4, -0.2) is 7.38 Å². The lowest BCUT2D eigenvalue weighted by Gasteiger charge is -2.17. The first-order chi connectivity index (χ1) is 8.27. The van der Waals surface area contributed by atoms with Crippen molar-refractivity contribution < 1.29 is 0 Å². The highest BCUT2D eigenvalue weighted by Gasteiger charge is 2.28. The highest BCUT2D eigenvalue weighted by Crippen LogP contribution is 2.38. The quantitative estimate of drug-likeness (QED) is 0.502. The van der Waals surface area contributed by atoms with E-state index >= 15 is 0 Å². The highest BCUT2D eigenvalue weighted by molar-refractivity contribution is 7.23. The van der Waals surface area contributed by atoms with E-state index in [1.165, 1.54) is 33.0 Å². The number of benzene rings is 1. The van der Waals surface area contributed by atoms with Gasteiger partial charge >= 0.3 is 0 Å². The third kappa shape index (κ3) is 2.78. The Morgan fingerprint density at radius 3 is 2.00 bits per heavy atom. The molecule has 0 unspecified atom stereocenters. The summed E-state index contributed by atoms with van der Waals surface area (Å²) < 4.78 is 0. The number of halogens is 1. The van der Waals surface area contributed by atoms with E-state index in [0.29, 0.717) is 0 Å². The molecule has 0 nitrogen and oxygen atoms in total. The van der Waals surface area contributed by atoms with Gasteiger partial charge in [-0.1, -0.05) is 59.3 Å². The van der Waals surface area contributed by atoms with Crippen LogP contribution in [0.3, 0.4) is 0 Å². The van der Waals surface area contributed by atoms with Crippen molar-refractivity contribution in [3.8, 4) is 0 Å². The maximum Gasteiger partial charge on any atom is 0.177 e. The van der Waals surface area contributed by atoms with Gasteiger partial charge in [0.2, 0.25) is 0 Å². The normalized spacial score (nSPS) is 16.2. The van der Waals surface area contributed by atoms with Gasteiger partial charge in [-0.25, -0.2) is 0 Å². The van der Waals surface area contributed by atoms with E-state index in [9.17, 15) is 0 Å². The minimum absolute atomic E-state index is 1.04. The first kappa shape index (κ1) is 13.6. The Morgan fingerprint density at radius 2 is 1.56 bits per heavy atom. The molecule has 0 aromatic heterocycles. The summed E-state index contributed by atoms with van der Waals surface area (Å²) >= 11 is 6.60. The zero-order valence-electron chi connectivity index (χ0n) is 11.9. The number of rotatable bonds is 2. The summed E-state index contributed by atoms with van der Waals surface area (Å²) in [6.07, 6.45) is 3.36. The highest BCUT2D eigenvalue weighted by atomic mass is 35.6. The van der Waals surface area contributed by atoms with Crippen LogP contribution >= 0.6 is 11.1 Å². The summed E-state index contributed by atoms with van der Waals surface area (Å²) in [4.78, 5) is 0. The van der Waals surface area contributed by atoms with E-state index in [-0.39, 0.29) is 0 Å². The molecule has 0 saturated carbocycles.